The van der Waals surface area contributed by atoms with Crippen LogP contribution >= 0.6 is 33.2 Å². The highest BCUT2D eigenvalue weighted by molar-refractivity contribution is 7.67. The lowest BCUT2D eigenvalue weighted by Gasteiger charge is -2.42. The number of hydrogen-bond donors (Lipinski definition) is 0. The van der Waals surface area contributed by atoms with Crippen LogP contribution in [0.3, 0.4) is 0 Å². The maximum Gasteiger partial charge on any atom is 0.446 e. The highest BCUT2D eigenvalue weighted by atomic mass is 35.8. The van der Waals surface area contributed by atoms with Gasteiger partial charge in [-0.15, -0.1) is 33.2 Å². The van der Waals surface area contributed by atoms with Gasteiger partial charge in [0.2, 0.25) is 0 Å². The number of anilines is 1. The molecule has 0 radical (unpaired) electrons. The fourth-order valence-electron chi connectivity index (χ4n) is 2.34. The van der Waals surface area contributed by atoms with Gasteiger partial charge in [0.25, 0.3) is 0 Å². The molecule has 0 amide bonds. The van der Waals surface area contributed by atoms with Crippen LogP contribution in [-0.4, -0.2) is 14.4 Å². The van der Waals surface area contributed by atoms with Crippen molar-refractivity contribution in [1.29, 1.82) is 0 Å². The maximum atomic E-state index is 6.41. The number of aryl methyl sites for hydroxylation is 2. The molecule has 0 fully saturated rings. The Morgan fingerprint density at radius 1 is 0.947 bits per heavy atom. The SMILES string of the molecule is CCc1cccc(CC)c1N([Si](C)(C)C)[Si](Cl)(Cl)Cl. The molecule has 1 aromatic rings. The van der Waals surface area contributed by atoms with Crippen LogP contribution in [0.1, 0.15) is 25.0 Å². The number of nitrogens with zero attached hydrogens (tertiary/aromatic N) is 1. The molecular weight excluding hydrogens is 333 g/mol. The van der Waals surface area contributed by atoms with Crippen molar-refractivity contribution in [3.63, 3.8) is 0 Å². The number of hydrogen-bond acceptors (Lipinski definition) is 1. The summed E-state index contributed by atoms with van der Waals surface area (Å²) in [7, 11) is -1.76. The van der Waals surface area contributed by atoms with E-state index in [2.05, 4.69) is 55.9 Å². The standard InChI is InChI=1S/C13H22Cl3NSi2/c1-6-11-9-8-10-12(7-2)13(11)17(18(3,4)5)19(14,15)16/h8-10H,6-7H2,1-5H3. The van der Waals surface area contributed by atoms with Gasteiger partial charge in [-0.2, -0.15) is 0 Å². The van der Waals surface area contributed by atoms with E-state index in [1.54, 1.807) is 0 Å². The second-order valence-corrected chi connectivity index (χ2v) is 18.9. The third-order valence-corrected chi connectivity index (χ3v) is 11.2. The molecule has 1 aromatic carbocycles. The first-order valence-corrected chi connectivity index (χ1v) is 15.0. The molecule has 0 heterocycles. The van der Waals surface area contributed by atoms with Gasteiger partial charge in [-0.05, 0) is 24.0 Å². The summed E-state index contributed by atoms with van der Waals surface area (Å²) in [6.07, 6.45) is -1.03. The van der Waals surface area contributed by atoms with E-state index in [0.717, 1.165) is 12.8 Å². The van der Waals surface area contributed by atoms with Gasteiger partial charge in [0.15, 0.2) is 0 Å². The van der Waals surface area contributed by atoms with Crippen molar-refractivity contribution < 1.29 is 0 Å². The maximum absolute atomic E-state index is 6.41. The first kappa shape index (κ1) is 17.4. The zero-order valence-corrected chi connectivity index (χ0v) is 16.5. The Kier molecular flexibility index (Phi) is 5.85. The Bertz CT molecular complexity index is 402. The Hall–Kier alpha value is 0.324. The molecule has 0 unspecified atom stereocenters. The number of para-hydroxylation sites is 1. The zero-order valence-electron chi connectivity index (χ0n) is 12.2. The van der Waals surface area contributed by atoms with Crippen LogP contribution < -0.4 is 4.23 Å². The van der Waals surface area contributed by atoms with Crippen LogP contribution in [0.4, 0.5) is 5.69 Å². The lowest BCUT2D eigenvalue weighted by atomic mass is 10.0. The average molecular weight is 355 g/mol. The minimum absolute atomic E-state index is 0.958. The van der Waals surface area contributed by atoms with E-state index < -0.39 is 14.4 Å². The highest BCUT2D eigenvalue weighted by Gasteiger charge is 2.44. The summed E-state index contributed by atoms with van der Waals surface area (Å²) in [5.74, 6) is 0. The van der Waals surface area contributed by atoms with Crippen molar-refractivity contribution in [3.05, 3.63) is 29.3 Å². The summed E-state index contributed by atoms with van der Waals surface area (Å²) in [5, 5.41) is 0. The quantitative estimate of drug-likeness (QED) is 0.491. The fraction of sp³-hybridized carbons (Fsp3) is 0.538. The molecule has 0 aliphatic rings. The molecule has 6 heteroatoms. The van der Waals surface area contributed by atoms with Gasteiger partial charge in [0, 0.05) is 5.69 Å². The van der Waals surface area contributed by atoms with E-state index in [4.69, 9.17) is 33.2 Å². The Morgan fingerprint density at radius 2 is 1.37 bits per heavy atom. The molecular formula is C13H22Cl3NSi2. The van der Waals surface area contributed by atoms with Crippen LogP contribution in [0.2, 0.25) is 19.6 Å². The average Bonchev–Trinajstić information content (AvgIpc) is 2.25. The van der Waals surface area contributed by atoms with Crippen molar-refractivity contribution >= 4 is 53.3 Å². The fourth-order valence-corrected chi connectivity index (χ4v) is 14.5. The monoisotopic (exact) mass is 353 g/mol. The molecule has 0 aliphatic heterocycles. The predicted octanol–water partition coefficient (Wildman–Crippen LogP) is 5.60. The first-order chi connectivity index (χ1) is 8.62. The van der Waals surface area contributed by atoms with Gasteiger partial charge in [-0.1, -0.05) is 51.7 Å². The largest absolute Gasteiger partial charge is 0.446 e. The molecule has 0 aliphatic carbocycles. The van der Waals surface area contributed by atoms with E-state index in [1.165, 1.54) is 16.8 Å². The van der Waals surface area contributed by atoms with Gasteiger partial charge in [0.1, 0.15) is 8.24 Å². The zero-order chi connectivity index (χ0) is 14.8. The van der Waals surface area contributed by atoms with E-state index in [-0.39, 0.29) is 0 Å². The minimum atomic E-state index is -2.95. The van der Waals surface area contributed by atoms with Crippen LogP contribution in [-0.2, 0) is 12.8 Å². The summed E-state index contributed by atoms with van der Waals surface area (Å²) in [6, 6.07) is 6.39. The van der Waals surface area contributed by atoms with Gasteiger partial charge in [0.05, 0.1) is 0 Å². The van der Waals surface area contributed by atoms with Gasteiger partial charge < -0.3 is 4.23 Å². The second kappa shape index (κ2) is 6.40. The Morgan fingerprint density at radius 3 is 1.63 bits per heavy atom. The Balaban J connectivity index is 3.54. The van der Waals surface area contributed by atoms with Crippen molar-refractivity contribution in [2.24, 2.45) is 0 Å². The lowest BCUT2D eigenvalue weighted by Crippen LogP contribution is -2.57. The molecule has 0 spiro atoms. The van der Waals surface area contributed by atoms with Crippen LogP contribution in [0, 0.1) is 0 Å². The molecule has 1 nitrogen and oxygen atoms in total. The summed E-state index contributed by atoms with van der Waals surface area (Å²) in [6.45, 7) is 11.0. The van der Waals surface area contributed by atoms with Gasteiger partial charge in [-0.25, -0.2) is 0 Å². The normalized spacial score (nSPS) is 12.6. The van der Waals surface area contributed by atoms with E-state index >= 15 is 0 Å². The lowest BCUT2D eigenvalue weighted by molar-refractivity contribution is 1.08. The molecule has 0 N–H and O–H groups in total. The summed E-state index contributed by atoms with van der Waals surface area (Å²) < 4.78 is 2.17. The number of halogens is 3. The van der Waals surface area contributed by atoms with Crippen molar-refractivity contribution in [2.45, 2.75) is 46.3 Å². The van der Waals surface area contributed by atoms with Crippen LogP contribution in [0.5, 0.6) is 0 Å². The predicted molar refractivity (Wildman–Crippen MR) is 94.3 cm³/mol. The molecule has 0 atom stereocenters. The molecule has 1 rings (SSSR count). The van der Waals surface area contributed by atoms with Crippen molar-refractivity contribution in [3.8, 4) is 0 Å². The summed E-state index contributed by atoms with van der Waals surface area (Å²) in [5.41, 5.74) is 3.74. The van der Waals surface area contributed by atoms with E-state index in [1.807, 2.05) is 0 Å². The topological polar surface area (TPSA) is 3.24 Å². The summed E-state index contributed by atoms with van der Waals surface area (Å²) in [4.78, 5) is 0. The number of rotatable bonds is 5. The van der Waals surface area contributed by atoms with Crippen molar-refractivity contribution in [2.75, 3.05) is 4.23 Å². The van der Waals surface area contributed by atoms with Gasteiger partial charge in [-0.3, -0.25) is 0 Å². The molecule has 0 saturated heterocycles. The Labute approximate surface area is 133 Å². The third kappa shape index (κ3) is 4.14. The van der Waals surface area contributed by atoms with E-state index in [9.17, 15) is 0 Å². The molecule has 0 saturated carbocycles. The highest BCUT2D eigenvalue weighted by Crippen LogP contribution is 2.39. The molecule has 108 valence electrons. The first-order valence-electron chi connectivity index (χ1n) is 6.60. The molecule has 0 bridgehead atoms. The molecule has 19 heavy (non-hydrogen) atoms. The second-order valence-electron chi connectivity index (χ2n) is 5.61. The van der Waals surface area contributed by atoms with Crippen molar-refractivity contribution in [1.82, 2.24) is 0 Å². The minimum Gasteiger partial charge on any atom is -0.389 e. The summed E-state index contributed by atoms with van der Waals surface area (Å²) >= 11 is 19.2. The van der Waals surface area contributed by atoms with E-state index in [0.29, 0.717) is 0 Å². The van der Waals surface area contributed by atoms with Gasteiger partial charge >= 0.3 is 6.16 Å². The smallest absolute Gasteiger partial charge is 0.389 e. The number of benzene rings is 1. The van der Waals surface area contributed by atoms with Crippen LogP contribution in [0.15, 0.2) is 18.2 Å². The molecule has 0 aromatic heterocycles. The third-order valence-electron chi connectivity index (χ3n) is 3.11. The van der Waals surface area contributed by atoms with Crippen LogP contribution in [0.25, 0.3) is 0 Å².